The van der Waals surface area contributed by atoms with Crippen LogP contribution in [0, 0.1) is 17.0 Å². The van der Waals surface area contributed by atoms with Gasteiger partial charge in [-0.25, -0.2) is 8.78 Å². The molecular formula is C16H20F2N2O. The lowest BCUT2D eigenvalue weighted by Crippen LogP contribution is -2.40. The van der Waals surface area contributed by atoms with E-state index in [0.29, 0.717) is 6.54 Å². The molecule has 2 fully saturated rings. The van der Waals surface area contributed by atoms with E-state index in [4.69, 9.17) is 0 Å². The molecule has 3 nitrogen and oxygen atoms in total. The monoisotopic (exact) mass is 294 g/mol. The van der Waals surface area contributed by atoms with Gasteiger partial charge >= 0.3 is 0 Å². The Morgan fingerprint density at radius 1 is 1.19 bits per heavy atom. The van der Waals surface area contributed by atoms with Gasteiger partial charge in [0.25, 0.3) is 0 Å². The molecular weight excluding hydrogens is 274 g/mol. The summed E-state index contributed by atoms with van der Waals surface area (Å²) in [5, 5.41) is 3.33. The molecule has 1 amide bonds. The van der Waals surface area contributed by atoms with Gasteiger partial charge in [-0.2, -0.15) is 0 Å². The Morgan fingerprint density at radius 2 is 1.86 bits per heavy atom. The fourth-order valence-corrected chi connectivity index (χ4v) is 3.48. The van der Waals surface area contributed by atoms with Crippen molar-refractivity contribution in [1.82, 2.24) is 10.2 Å². The lowest BCUT2D eigenvalue weighted by atomic mass is 9.78. The highest BCUT2D eigenvalue weighted by Gasteiger charge is 2.40. The van der Waals surface area contributed by atoms with E-state index in [1.807, 2.05) is 0 Å². The Morgan fingerprint density at radius 3 is 2.52 bits per heavy atom. The highest BCUT2D eigenvalue weighted by Crippen LogP contribution is 2.38. The summed E-state index contributed by atoms with van der Waals surface area (Å²) in [7, 11) is 0. The van der Waals surface area contributed by atoms with Crippen molar-refractivity contribution in [3.63, 3.8) is 0 Å². The van der Waals surface area contributed by atoms with E-state index in [2.05, 4.69) is 5.32 Å². The SMILES string of the molecule is O=C(Cc1c(F)cccc1F)N1CCC2(CCNCC2)C1. The van der Waals surface area contributed by atoms with Gasteiger partial charge in [-0.05, 0) is 49.9 Å². The lowest BCUT2D eigenvalue weighted by molar-refractivity contribution is -0.130. The fraction of sp³-hybridized carbons (Fsp3) is 0.562. The maximum absolute atomic E-state index is 13.6. The summed E-state index contributed by atoms with van der Waals surface area (Å²) in [5.74, 6) is -1.45. The van der Waals surface area contributed by atoms with Crippen LogP contribution in [0.15, 0.2) is 18.2 Å². The lowest BCUT2D eigenvalue weighted by Gasteiger charge is -2.33. The van der Waals surface area contributed by atoms with Gasteiger partial charge < -0.3 is 10.2 Å². The number of carbonyl (C=O) groups excluding carboxylic acids is 1. The minimum absolute atomic E-state index is 0.117. The number of rotatable bonds is 2. The molecule has 2 aliphatic heterocycles. The van der Waals surface area contributed by atoms with Crippen molar-refractivity contribution in [3.8, 4) is 0 Å². The Bertz CT molecular complexity index is 521. The van der Waals surface area contributed by atoms with Crippen molar-refractivity contribution in [1.29, 1.82) is 0 Å². The Labute approximate surface area is 123 Å². The molecule has 0 unspecified atom stereocenters. The molecule has 2 saturated heterocycles. The van der Waals surface area contributed by atoms with E-state index in [1.165, 1.54) is 18.2 Å². The van der Waals surface area contributed by atoms with Crippen molar-refractivity contribution < 1.29 is 13.6 Å². The zero-order chi connectivity index (χ0) is 14.9. The van der Waals surface area contributed by atoms with Crippen molar-refractivity contribution in [3.05, 3.63) is 35.4 Å². The summed E-state index contributed by atoms with van der Waals surface area (Å²) in [4.78, 5) is 14.1. The molecule has 114 valence electrons. The fourth-order valence-electron chi connectivity index (χ4n) is 3.48. The zero-order valence-corrected chi connectivity index (χ0v) is 12.0. The van der Waals surface area contributed by atoms with E-state index in [9.17, 15) is 13.6 Å². The van der Waals surface area contributed by atoms with Crippen LogP contribution < -0.4 is 5.32 Å². The van der Waals surface area contributed by atoms with Gasteiger partial charge in [0, 0.05) is 18.7 Å². The Hall–Kier alpha value is -1.49. The average Bonchev–Trinajstić information content (AvgIpc) is 2.87. The maximum Gasteiger partial charge on any atom is 0.227 e. The highest BCUT2D eigenvalue weighted by molar-refractivity contribution is 5.79. The molecule has 0 aromatic heterocycles. The first-order valence-corrected chi connectivity index (χ1v) is 7.51. The van der Waals surface area contributed by atoms with Gasteiger partial charge in [-0.3, -0.25) is 4.79 Å². The van der Waals surface area contributed by atoms with Gasteiger partial charge in [-0.1, -0.05) is 6.07 Å². The van der Waals surface area contributed by atoms with Crippen molar-refractivity contribution in [2.75, 3.05) is 26.2 Å². The molecule has 0 aliphatic carbocycles. The van der Waals surface area contributed by atoms with Crippen molar-refractivity contribution in [2.45, 2.75) is 25.7 Å². The minimum atomic E-state index is -0.640. The number of nitrogens with zero attached hydrogens (tertiary/aromatic N) is 1. The summed E-state index contributed by atoms with van der Waals surface area (Å²) in [6, 6.07) is 3.71. The van der Waals surface area contributed by atoms with Crippen LogP contribution >= 0.6 is 0 Å². The molecule has 2 heterocycles. The number of likely N-dealkylation sites (tertiary alicyclic amines) is 1. The van der Waals surface area contributed by atoms with E-state index >= 15 is 0 Å². The predicted octanol–water partition coefficient (Wildman–Crippen LogP) is 2.11. The summed E-state index contributed by atoms with van der Waals surface area (Å²) >= 11 is 0. The molecule has 21 heavy (non-hydrogen) atoms. The van der Waals surface area contributed by atoms with Gasteiger partial charge in [0.1, 0.15) is 11.6 Å². The number of nitrogens with one attached hydrogen (secondary N) is 1. The smallest absolute Gasteiger partial charge is 0.227 e. The first-order chi connectivity index (χ1) is 10.1. The Kier molecular flexibility index (Phi) is 3.93. The molecule has 3 rings (SSSR count). The van der Waals surface area contributed by atoms with E-state index in [-0.39, 0.29) is 23.3 Å². The molecule has 2 aliphatic rings. The van der Waals surface area contributed by atoms with Crippen LogP contribution in [0.2, 0.25) is 0 Å². The second kappa shape index (κ2) is 5.72. The normalized spacial score (nSPS) is 21.0. The van der Waals surface area contributed by atoms with Crippen LogP contribution in [0.5, 0.6) is 0 Å². The van der Waals surface area contributed by atoms with Gasteiger partial charge in [-0.15, -0.1) is 0 Å². The zero-order valence-electron chi connectivity index (χ0n) is 12.0. The molecule has 5 heteroatoms. The quantitative estimate of drug-likeness (QED) is 0.906. The van der Waals surface area contributed by atoms with Crippen LogP contribution in [-0.4, -0.2) is 37.0 Å². The second-order valence-electron chi connectivity index (χ2n) is 6.19. The van der Waals surface area contributed by atoms with Crippen LogP contribution in [0.25, 0.3) is 0 Å². The van der Waals surface area contributed by atoms with Crippen molar-refractivity contribution in [2.24, 2.45) is 5.41 Å². The predicted molar refractivity (Wildman–Crippen MR) is 75.8 cm³/mol. The average molecular weight is 294 g/mol. The number of halogens is 2. The number of piperidine rings is 1. The molecule has 0 bridgehead atoms. The molecule has 1 N–H and O–H groups in total. The summed E-state index contributed by atoms with van der Waals surface area (Å²) in [6.07, 6.45) is 2.96. The topological polar surface area (TPSA) is 32.3 Å². The molecule has 0 saturated carbocycles. The molecule has 0 radical (unpaired) electrons. The number of hydrogen-bond acceptors (Lipinski definition) is 2. The number of carbonyl (C=O) groups is 1. The Balaban J connectivity index is 1.67. The number of hydrogen-bond donors (Lipinski definition) is 1. The standard InChI is InChI=1S/C16H20F2N2O/c17-13-2-1-3-14(18)12(13)10-15(21)20-9-6-16(11-20)4-7-19-8-5-16/h1-3,19H,4-11H2. The summed E-state index contributed by atoms with van der Waals surface area (Å²) < 4.78 is 27.3. The molecule has 1 aromatic carbocycles. The van der Waals surface area contributed by atoms with E-state index in [1.54, 1.807) is 4.90 Å². The molecule has 1 spiro atoms. The maximum atomic E-state index is 13.6. The van der Waals surface area contributed by atoms with E-state index in [0.717, 1.165) is 38.9 Å². The first-order valence-electron chi connectivity index (χ1n) is 7.51. The van der Waals surface area contributed by atoms with E-state index < -0.39 is 11.6 Å². The van der Waals surface area contributed by atoms with Crippen LogP contribution in [0.4, 0.5) is 8.78 Å². The number of amides is 1. The molecule has 1 aromatic rings. The van der Waals surface area contributed by atoms with Crippen LogP contribution in [0.3, 0.4) is 0 Å². The van der Waals surface area contributed by atoms with Crippen molar-refractivity contribution >= 4 is 5.91 Å². The minimum Gasteiger partial charge on any atom is -0.342 e. The number of benzene rings is 1. The van der Waals surface area contributed by atoms with Gasteiger partial charge in [0.2, 0.25) is 5.91 Å². The summed E-state index contributed by atoms with van der Waals surface area (Å²) in [5.41, 5.74) is 0.100. The highest BCUT2D eigenvalue weighted by atomic mass is 19.1. The first kappa shape index (κ1) is 14.4. The molecule has 0 atom stereocenters. The third kappa shape index (κ3) is 2.93. The van der Waals surface area contributed by atoms with Crippen LogP contribution in [-0.2, 0) is 11.2 Å². The third-order valence-electron chi connectivity index (χ3n) is 4.84. The summed E-state index contributed by atoms with van der Waals surface area (Å²) in [6.45, 7) is 3.41. The van der Waals surface area contributed by atoms with Gasteiger partial charge in [0.15, 0.2) is 0 Å². The third-order valence-corrected chi connectivity index (χ3v) is 4.84. The van der Waals surface area contributed by atoms with Crippen LogP contribution in [0.1, 0.15) is 24.8 Å². The van der Waals surface area contributed by atoms with Gasteiger partial charge in [0.05, 0.1) is 6.42 Å². The second-order valence-corrected chi connectivity index (χ2v) is 6.19. The largest absolute Gasteiger partial charge is 0.342 e.